The average molecular weight is 136 g/mol. The molecule has 0 atom stereocenters. The summed E-state index contributed by atoms with van der Waals surface area (Å²) in [5.41, 5.74) is 1.15. The van der Waals surface area contributed by atoms with Gasteiger partial charge in [-0.15, -0.1) is 23.4 Å². The highest BCUT2D eigenvalue weighted by atomic mass is 35.5. The topological polar surface area (TPSA) is 12.4 Å². The first-order valence-electron chi connectivity index (χ1n) is 2.09. The van der Waals surface area contributed by atoms with E-state index >= 15 is 0 Å². The number of halogens is 1. The second kappa shape index (κ2) is 2.58. The molecular weight excluding hydrogens is 130 g/mol. The third-order valence-electron chi connectivity index (χ3n) is 0.802. The zero-order chi connectivity index (χ0) is 5.11. The molecular formula is C4H6ClNS. The molecule has 0 N–H and O–H groups in total. The van der Waals surface area contributed by atoms with Gasteiger partial charge in [-0.1, -0.05) is 0 Å². The van der Waals surface area contributed by atoms with E-state index in [9.17, 15) is 0 Å². The predicted molar refractivity (Wildman–Crippen MR) is 35.5 cm³/mol. The zero-order valence-electron chi connectivity index (χ0n) is 3.85. The summed E-state index contributed by atoms with van der Waals surface area (Å²) in [5.74, 6) is 2.58. The van der Waals surface area contributed by atoms with Crippen LogP contribution >= 0.6 is 23.4 Å². The quantitative estimate of drug-likeness (QED) is 0.495. The van der Waals surface area contributed by atoms with Crippen molar-refractivity contribution in [1.82, 2.24) is 0 Å². The monoisotopic (exact) mass is 135 g/mol. The van der Waals surface area contributed by atoms with Crippen molar-refractivity contribution in [2.24, 2.45) is 4.99 Å². The molecule has 0 aromatic carbocycles. The maximum atomic E-state index is 5.46. The fourth-order valence-corrected chi connectivity index (χ4v) is 1.51. The maximum Gasteiger partial charge on any atom is 0.0847 e. The van der Waals surface area contributed by atoms with Gasteiger partial charge in [0.2, 0.25) is 0 Å². The first-order chi connectivity index (χ1) is 3.43. The Hall–Kier alpha value is 0.310. The Balaban J connectivity index is 2.36. The Morgan fingerprint density at radius 1 is 1.86 bits per heavy atom. The van der Waals surface area contributed by atoms with Crippen molar-refractivity contribution in [1.29, 1.82) is 0 Å². The van der Waals surface area contributed by atoms with E-state index in [1.165, 1.54) is 0 Å². The first kappa shape index (κ1) is 5.45. The van der Waals surface area contributed by atoms with Gasteiger partial charge in [0.1, 0.15) is 0 Å². The van der Waals surface area contributed by atoms with Crippen LogP contribution in [-0.4, -0.2) is 23.2 Å². The van der Waals surface area contributed by atoms with Crippen molar-refractivity contribution in [3.8, 4) is 0 Å². The van der Waals surface area contributed by atoms with Crippen LogP contribution < -0.4 is 0 Å². The van der Waals surface area contributed by atoms with Crippen molar-refractivity contribution in [2.75, 3.05) is 17.5 Å². The van der Waals surface area contributed by atoms with Gasteiger partial charge in [0, 0.05) is 11.5 Å². The van der Waals surface area contributed by atoms with Crippen LogP contribution in [0.15, 0.2) is 4.99 Å². The van der Waals surface area contributed by atoms with E-state index in [4.69, 9.17) is 11.6 Å². The van der Waals surface area contributed by atoms with Crippen molar-refractivity contribution in [3.63, 3.8) is 0 Å². The number of hydrogen-bond donors (Lipinski definition) is 0. The number of alkyl halides is 1. The van der Waals surface area contributed by atoms with E-state index < -0.39 is 0 Å². The van der Waals surface area contributed by atoms with Crippen LogP contribution in [0.5, 0.6) is 0 Å². The molecule has 1 aliphatic heterocycles. The summed E-state index contributed by atoms with van der Waals surface area (Å²) in [6, 6.07) is 0. The Morgan fingerprint density at radius 2 is 2.71 bits per heavy atom. The van der Waals surface area contributed by atoms with Gasteiger partial charge in [-0.25, -0.2) is 0 Å². The van der Waals surface area contributed by atoms with Crippen LogP contribution in [0.1, 0.15) is 0 Å². The smallest absolute Gasteiger partial charge is 0.0847 e. The van der Waals surface area contributed by atoms with Crippen LogP contribution in [0.2, 0.25) is 0 Å². The SMILES string of the molecule is ClCC1=NCSC1. The lowest BCUT2D eigenvalue weighted by Gasteiger charge is -1.83. The van der Waals surface area contributed by atoms with Crippen molar-refractivity contribution in [3.05, 3.63) is 0 Å². The molecule has 0 spiro atoms. The molecule has 7 heavy (non-hydrogen) atoms. The number of thioether (sulfide) groups is 1. The summed E-state index contributed by atoms with van der Waals surface area (Å²) in [7, 11) is 0. The van der Waals surface area contributed by atoms with Crippen LogP contribution in [0, 0.1) is 0 Å². The highest BCUT2D eigenvalue weighted by Crippen LogP contribution is 2.09. The summed E-state index contributed by atoms with van der Waals surface area (Å²) in [4.78, 5) is 4.10. The molecule has 0 saturated heterocycles. The minimum absolute atomic E-state index is 0.618. The van der Waals surface area contributed by atoms with E-state index in [0.717, 1.165) is 17.3 Å². The number of nitrogens with zero attached hydrogens (tertiary/aromatic N) is 1. The molecule has 0 amide bonds. The van der Waals surface area contributed by atoms with Gasteiger partial charge in [-0.3, -0.25) is 4.99 Å². The standard InChI is InChI=1S/C4H6ClNS/c5-1-4-2-7-3-6-4/h1-3H2. The van der Waals surface area contributed by atoms with Gasteiger partial charge < -0.3 is 0 Å². The Labute approximate surface area is 52.1 Å². The molecule has 1 heterocycles. The minimum Gasteiger partial charge on any atom is -0.281 e. The second-order valence-corrected chi connectivity index (χ2v) is 2.56. The molecule has 0 aromatic rings. The number of aliphatic imine (C=N–C) groups is 1. The van der Waals surface area contributed by atoms with Crippen molar-refractivity contribution < 1.29 is 0 Å². The van der Waals surface area contributed by atoms with Gasteiger partial charge in [0.05, 0.1) is 11.8 Å². The van der Waals surface area contributed by atoms with E-state index in [1.54, 1.807) is 0 Å². The van der Waals surface area contributed by atoms with E-state index in [-0.39, 0.29) is 0 Å². The van der Waals surface area contributed by atoms with E-state index in [0.29, 0.717) is 5.88 Å². The fourth-order valence-electron chi connectivity index (χ4n) is 0.427. The average Bonchev–Trinajstić information content (AvgIpc) is 2.14. The lowest BCUT2D eigenvalue weighted by molar-refractivity contribution is 1.39. The zero-order valence-corrected chi connectivity index (χ0v) is 5.43. The molecule has 0 fully saturated rings. The van der Waals surface area contributed by atoms with Crippen LogP contribution in [0.25, 0.3) is 0 Å². The number of hydrogen-bond acceptors (Lipinski definition) is 2. The summed E-state index contributed by atoms with van der Waals surface area (Å²) in [6.45, 7) is 0. The molecule has 1 aliphatic rings. The lowest BCUT2D eigenvalue weighted by Crippen LogP contribution is -1.96. The van der Waals surface area contributed by atoms with Gasteiger partial charge in [0.25, 0.3) is 0 Å². The summed E-state index contributed by atoms with van der Waals surface area (Å²) in [6.07, 6.45) is 0. The van der Waals surface area contributed by atoms with Crippen molar-refractivity contribution >= 4 is 29.1 Å². The third-order valence-corrected chi connectivity index (χ3v) is 1.96. The van der Waals surface area contributed by atoms with Crippen molar-refractivity contribution in [2.45, 2.75) is 0 Å². The molecule has 3 heteroatoms. The highest BCUT2D eigenvalue weighted by Gasteiger charge is 2.02. The molecule has 1 rings (SSSR count). The first-order valence-corrected chi connectivity index (χ1v) is 3.78. The summed E-state index contributed by atoms with van der Waals surface area (Å²) < 4.78 is 0. The molecule has 0 aliphatic carbocycles. The Morgan fingerprint density at radius 3 is 3.00 bits per heavy atom. The normalized spacial score (nSPS) is 19.9. The molecule has 0 radical (unpaired) electrons. The minimum atomic E-state index is 0.618. The highest BCUT2D eigenvalue weighted by molar-refractivity contribution is 8.00. The molecule has 0 aromatic heterocycles. The fraction of sp³-hybridized carbons (Fsp3) is 0.750. The second-order valence-electron chi connectivity index (χ2n) is 1.34. The van der Waals surface area contributed by atoms with Gasteiger partial charge >= 0.3 is 0 Å². The predicted octanol–water partition coefficient (Wildman–Crippen LogP) is 1.37. The maximum absolute atomic E-state index is 5.46. The summed E-state index contributed by atoms with van der Waals surface area (Å²) in [5, 5.41) is 0. The molecule has 0 saturated carbocycles. The third kappa shape index (κ3) is 1.35. The molecule has 0 unspecified atom stereocenters. The Bertz CT molecular complexity index is 91.7. The summed E-state index contributed by atoms with van der Waals surface area (Å²) >= 11 is 7.28. The molecule has 1 nitrogen and oxygen atoms in total. The van der Waals surface area contributed by atoms with Crippen LogP contribution in [0.3, 0.4) is 0 Å². The van der Waals surface area contributed by atoms with Gasteiger partial charge in [0.15, 0.2) is 0 Å². The number of rotatable bonds is 1. The molecule has 0 bridgehead atoms. The lowest BCUT2D eigenvalue weighted by atomic mass is 10.5. The van der Waals surface area contributed by atoms with Gasteiger partial charge in [-0.2, -0.15) is 0 Å². The Kier molecular flexibility index (Phi) is 2.00. The van der Waals surface area contributed by atoms with Crippen LogP contribution in [0.4, 0.5) is 0 Å². The van der Waals surface area contributed by atoms with E-state index in [2.05, 4.69) is 4.99 Å². The molecule has 40 valence electrons. The largest absolute Gasteiger partial charge is 0.281 e. The van der Waals surface area contributed by atoms with Crippen LogP contribution in [-0.2, 0) is 0 Å². The van der Waals surface area contributed by atoms with E-state index in [1.807, 2.05) is 11.8 Å². The van der Waals surface area contributed by atoms with Gasteiger partial charge in [-0.05, 0) is 0 Å².